The Morgan fingerprint density at radius 3 is 2.43 bits per heavy atom. The van der Waals surface area contributed by atoms with Gasteiger partial charge in [-0.2, -0.15) is 0 Å². The number of carbonyl (C=O) groups is 3. The van der Waals surface area contributed by atoms with Crippen molar-refractivity contribution in [3.63, 3.8) is 0 Å². The average Bonchev–Trinajstić information content (AvgIpc) is 2.80. The van der Waals surface area contributed by atoms with Crippen molar-refractivity contribution < 1.29 is 14.4 Å². The highest BCUT2D eigenvalue weighted by Gasteiger charge is 2.35. The first kappa shape index (κ1) is 15.2. The van der Waals surface area contributed by atoms with Gasteiger partial charge in [0, 0.05) is 23.1 Å². The van der Waals surface area contributed by atoms with Gasteiger partial charge in [0.15, 0.2) is 5.78 Å². The van der Waals surface area contributed by atoms with Crippen LogP contribution >= 0.6 is 11.6 Å². The highest BCUT2D eigenvalue weighted by atomic mass is 35.5. The highest BCUT2D eigenvalue weighted by Crippen LogP contribution is 2.38. The zero-order valence-corrected chi connectivity index (χ0v) is 13.0. The molecular formula is C18H12ClNO3. The Bertz CT molecular complexity index is 856. The summed E-state index contributed by atoms with van der Waals surface area (Å²) in [5.74, 6) is -1.22. The van der Waals surface area contributed by atoms with Gasteiger partial charge in [-0.3, -0.25) is 14.4 Å². The number of anilines is 1. The number of ketones is 1. The highest BCUT2D eigenvalue weighted by molar-refractivity contribution is 6.42. The lowest BCUT2D eigenvalue weighted by Gasteiger charge is -2.11. The Labute approximate surface area is 138 Å². The Morgan fingerprint density at radius 2 is 1.78 bits per heavy atom. The molecule has 0 N–H and O–H groups in total. The minimum atomic E-state index is -0.515. The molecule has 0 saturated heterocycles. The SMILES string of the molecule is CC(=O)N1C(=O)/C(=C/C(=O)c2ccccc2)c2cc(Cl)ccc21. The lowest BCUT2D eigenvalue weighted by atomic mass is 10.0. The van der Waals surface area contributed by atoms with E-state index >= 15 is 0 Å². The molecule has 1 aliphatic rings. The minimum absolute atomic E-state index is 0.173. The number of fused-ring (bicyclic) bond motifs is 1. The number of benzene rings is 2. The van der Waals surface area contributed by atoms with Gasteiger partial charge in [0.2, 0.25) is 5.91 Å². The van der Waals surface area contributed by atoms with E-state index in [0.717, 1.165) is 4.90 Å². The third-order valence-corrected chi connectivity index (χ3v) is 3.81. The zero-order valence-electron chi connectivity index (χ0n) is 12.2. The van der Waals surface area contributed by atoms with Crippen molar-refractivity contribution in [2.24, 2.45) is 0 Å². The Kier molecular flexibility index (Phi) is 3.84. The summed E-state index contributed by atoms with van der Waals surface area (Å²) < 4.78 is 0. The number of hydrogen-bond donors (Lipinski definition) is 0. The quantitative estimate of drug-likeness (QED) is 0.627. The van der Waals surface area contributed by atoms with Crippen LogP contribution in [0.3, 0.4) is 0 Å². The van der Waals surface area contributed by atoms with Crippen molar-refractivity contribution in [2.75, 3.05) is 4.90 Å². The summed E-state index contributed by atoms with van der Waals surface area (Å²) in [4.78, 5) is 37.7. The van der Waals surface area contributed by atoms with Crippen molar-refractivity contribution in [1.82, 2.24) is 0 Å². The fourth-order valence-corrected chi connectivity index (χ4v) is 2.71. The molecule has 0 fully saturated rings. The molecular weight excluding hydrogens is 314 g/mol. The average molecular weight is 326 g/mol. The second-order valence-corrected chi connectivity index (χ2v) is 5.55. The lowest BCUT2D eigenvalue weighted by molar-refractivity contribution is -0.122. The molecule has 5 heteroatoms. The molecule has 0 aromatic heterocycles. The van der Waals surface area contributed by atoms with Crippen molar-refractivity contribution in [3.8, 4) is 0 Å². The molecule has 2 aromatic carbocycles. The molecule has 0 spiro atoms. The predicted molar refractivity (Wildman–Crippen MR) is 88.4 cm³/mol. The van der Waals surface area contributed by atoms with E-state index in [2.05, 4.69) is 0 Å². The Hall–Kier alpha value is -2.72. The van der Waals surface area contributed by atoms with Crippen molar-refractivity contribution in [2.45, 2.75) is 6.92 Å². The van der Waals surface area contributed by atoms with Crippen molar-refractivity contribution in [1.29, 1.82) is 0 Å². The molecule has 0 saturated carbocycles. The predicted octanol–water partition coefficient (Wildman–Crippen LogP) is 3.50. The van der Waals surface area contributed by atoms with E-state index in [4.69, 9.17) is 11.6 Å². The molecule has 0 unspecified atom stereocenters. The van der Waals surface area contributed by atoms with Crippen molar-refractivity contribution >= 4 is 40.5 Å². The third kappa shape index (κ3) is 2.69. The molecule has 2 aromatic rings. The van der Waals surface area contributed by atoms with Crippen molar-refractivity contribution in [3.05, 3.63) is 70.8 Å². The van der Waals surface area contributed by atoms with Gasteiger partial charge in [0.1, 0.15) is 0 Å². The summed E-state index contributed by atoms with van der Waals surface area (Å²) in [5.41, 5.74) is 1.57. The summed E-state index contributed by atoms with van der Waals surface area (Å²) in [7, 11) is 0. The second-order valence-electron chi connectivity index (χ2n) is 5.11. The first-order chi connectivity index (χ1) is 11.0. The number of nitrogens with zero attached hydrogens (tertiary/aromatic N) is 1. The summed E-state index contributed by atoms with van der Waals surface area (Å²) in [6, 6.07) is 13.4. The number of halogens is 1. The third-order valence-electron chi connectivity index (χ3n) is 3.57. The van der Waals surface area contributed by atoms with Crippen LogP contribution in [0, 0.1) is 0 Å². The normalized spacial score (nSPS) is 15.0. The van der Waals surface area contributed by atoms with E-state index in [1.807, 2.05) is 0 Å². The van der Waals surface area contributed by atoms with E-state index in [9.17, 15) is 14.4 Å². The number of imide groups is 1. The lowest BCUT2D eigenvalue weighted by Crippen LogP contribution is -2.31. The van der Waals surface area contributed by atoms with Gasteiger partial charge < -0.3 is 0 Å². The van der Waals surface area contributed by atoms with Crippen LogP contribution in [-0.2, 0) is 9.59 Å². The summed E-state index contributed by atoms with van der Waals surface area (Å²) in [6.07, 6.45) is 1.26. The standard InChI is InChI=1S/C18H12ClNO3/c1-11(21)20-16-8-7-13(19)9-14(16)15(18(20)23)10-17(22)12-5-3-2-4-6-12/h2-10H,1H3/b15-10+. The molecule has 0 bridgehead atoms. The van der Waals surface area contributed by atoms with Gasteiger partial charge in [0.05, 0.1) is 11.3 Å². The second kappa shape index (κ2) is 5.82. The zero-order chi connectivity index (χ0) is 16.6. The van der Waals surface area contributed by atoms with E-state index < -0.39 is 11.8 Å². The number of rotatable bonds is 2. The van der Waals surface area contributed by atoms with Gasteiger partial charge in [-0.1, -0.05) is 41.9 Å². The van der Waals surface area contributed by atoms with Crippen LogP contribution in [-0.4, -0.2) is 17.6 Å². The smallest absolute Gasteiger partial charge is 0.265 e. The fraction of sp³-hybridized carbons (Fsp3) is 0.0556. The first-order valence-electron chi connectivity index (χ1n) is 6.95. The molecule has 2 amide bonds. The Balaban J connectivity index is 2.11. The summed E-state index contributed by atoms with van der Waals surface area (Å²) >= 11 is 5.99. The molecule has 1 heterocycles. The number of allylic oxidation sites excluding steroid dienone is 1. The molecule has 0 radical (unpaired) electrons. The number of carbonyl (C=O) groups excluding carboxylic acids is 3. The molecule has 0 atom stereocenters. The summed E-state index contributed by atoms with van der Waals surface area (Å²) in [6.45, 7) is 1.30. The van der Waals surface area contributed by atoms with Crippen LogP contribution < -0.4 is 4.90 Å². The van der Waals surface area contributed by atoms with Gasteiger partial charge in [0.25, 0.3) is 5.91 Å². The summed E-state index contributed by atoms with van der Waals surface area (Å²) in [5, 5.41) is 0.431. The van der Waals surface area contributed by atoms with E-state index in [0.29, 0.717) is 21.8 Å². The van der Waals surface area contributed by atoms with E-state index in [1.165, 1.54) is 13.0 Å². The Morgan fingerprint density at radius 1 is 1.09 bits per heavy atom. The number of hydrogen-bond acceptors (Lipinski definition) is 3. The maximum absolute atomic E-state index is 12.5. The molecule has 23 heavy (non-hydrogen) atoms. The molecule has 0 aliphatic carbocycles. The largest absolute Gasteiger partial charge is 0.289 e. The maximum Gasteiger partial charge on any atom is 0.265 e. The van der Waals surface area contributed by atoms with Gasteiger partial charge in [-0.25, -0.2) is 4.90 Å². The van der Waals surface area contributed by atoms with E-state index in [-0.39, 0.29) is 11.4 Å². The first-order valence-corrected chi connectivity index (χ1v) is 7.33. The van der Waals surface area contributed by atoms with Crippen LogP contribution in [0.25, 0.3) is 5.57 Å². The minimum Gasteiger partial charge on any atom is -0.289 e. The van der Waals surface area contributed by atoms with Crippen LogP contribution in [0.1, 0.15) is 22.8 Å². The monoisotopic (exact) mass is 325 g/mol. The molecule has 114 valence electrons. The van der Waals surface area contributed by atoms with E-state index in [1.54, 1.807) is 48.5 Å². The molecule has 4 nitrogen and oxygen atoms in total. The van der Waals surface area contributed by atoms with Crippen LogP contribution in [0.15, 0.2) is 54.6 Å². The van der Waals surface area contributed by atoms with Crippen LogP contribution in [0.2, 0.25) is 5.02 Å². The van der Waals surface area contributed by atoms with Gasteiger partial charge in [-0.15, -0.1) is 0 Å². The van der Waals surface area contributed by atoms with Crippen LogP contribution in [0.4, 0.5) is 5.69 Å². The maximum atomic E-state index is 12.5. The van der Waals surface area contributed by atoms with Crippen LogP contribution in [0.5, 0.6) is 0 Å². The molecule has 1 aliphatic heterocycles. The fourth-order valence-electron chi connectivity index (χ4n) is 2.53. The van der Waals surface area contributed by atoms with Gasteiger partial charge in [-0.05, 0) is 24.3 Å². The topological polar surface area (TPSA) is 54.5 Å². The number of amides is 2. The van der Waals surface area contributed by atoms with Gasteiger partial charge >= 0.3 is 0 Å². The molecule has 3 rings (SSSR count).